The molecule has 8 atom stereocenters. The van der Waals surface area contributed by atoms with Crippen molar-refractivity contribution in [2.75, 3.05) is 24.6 Å². The first-order chi connectivity index (χ1) is 14.6. The van der Waals surface area contributed by atoms with E-state index in [4.69, 9.17) is 0 Å². The minimum absolute atomic E-state index is 0.00971. The second kappa shape index (κ2) is 6.99. The molecule has 0 aromatic rings. The van der Waals surface area contributed by atoms with Gasteiger partial charge in [0.1, 0.15) is 0 Å². The van der Waals surface area contributed by atoms with E-state index in [9.17, 15) is 19.2 Å². The zero-order chi connectivity index (χ0) is 20.6. The molecule has 0 spiro atoms. The minimum Gasteiger partial charge on any atom is -0.281 e. The van der Waals surface area contributed by atoms with Gasteiger partial charge in [-0.3, -0.25) is 29.0 Å². The highest BCUT2D eigenvalue weighted by atomic mass is 33.1. The van der Waals surface area contributed by atoms with E-state index in [1.54, 1.807) is 21.6 Å². The van der Waals surface area contributed by atoms with E-state index in [0.29, 0.717) is 24.6 Å². The summed E-state index contributed by atoms with van der Waals surface area (Å²) in [5.74, 6) is 1.90. The molecule has 0 radical (unpaired) electrons. The molecule has 4 unspecified atom stereocenters. The van der Waals surface area contributed by atoms with Gasteiger partial charge in [0.2, 0.25) is 23.6 Å². The van der Waals surface area contributed by atoms with Crippen LogP contribution in [0.3, 0.4) is 0 Å². The van der Waals surface area contributed by atoms with Crippen molar-refractivity contribution >= 4 is 45.2 Å². The van der Waals surface area contributed by atoms with Crippen LogP contribution in [0.5, 0.6) is 0 Å². The lowest BCUT2D eigenvalue weighted by molar-refractivity contribution is -0.141. The molecule has 158 valence electrons. The number of hydrogen-bond acceptors (Lipinski definition) is 6. The van der Waals surface area contributed by atoms with Gasteiger partial charge in [0.25, 0.3) is 0 Å². The van der Waals surface area contributed by atoms with Gasteiger partial charge in [-0.1, -0.05) is 45.9 Å². The van der Waals surface area contributed by atoms with Crippen LogP contribution in [0.1, 0.15) is 12.8 Å². The van der Waals surface area contributed by atoms with Gasteiger partial charge < -0.3 is 0 Å². The first kappa shape index (κ1) is 19.2. The third-order valence-electron chi connectivity index (χ3n) is 8.00. The molecule has 2 saturated heterocycles. The Morgan fingerprint density at radius 1 is 0.600 bits per heavy atom. The molecule has 8 heteroatoms. The Morgan fingerprint density at radius 2 is 0.900 bits per heavy atom. The number of carbonyl (C=O) groups excluding carboxylic acids is 4. The molecular formula is C22H24N2O4S2. The van der Waals surface area contributed by atoms with Crippen molar-refractivity contribution < 1.29 is 19.2 Å². The standard InChI is InChI=1S/C22H24N2O4S2/c25-19-15-11-1-2-12(9-11)16(15)20(26)23(19)5-7-29-30-8-6-24-21(27)17-13-3-4-14(10-13)18(17)22(24)28/h1-4,11-18H,5-10H2/t11?,12?,13?,14?,15-,16+,17-,18+. The number of allylic oxidation sites excluding steroid dienone is 4. The van der Waals surface area contributed by atoms with E-state index in [1.807, 2.05) is 0 Å². The lowest BCUT2D eigenvalue weighted by atomic mass is 9.85. The smallest absolute Gasteiger partial charge is 0.233 e. The highest BCUT2D eigenvalue weighted by molar-refractivity contribution is 8.76. The average molecular weight is 445 g/mol. The number of nitrogens with zero attached hydrogens (tertiary/aromatic N) is 2. The summed E-state index contributed by atoms with van der Waals surface area (Å²) >= 11 is 0. The van der Waals surface area contributed by atoms with Crippen LogP contribution >= 0.6 is 21.6 Å². The SMILES string of the molecule is O=C1[C@@H]2C3C=CC(C3)[C@@H]2C(=O)N1CCSSCCN1C(=O)[C@@H]2C3C=CC(C3)[C@@H]2C1=O. The number of amides is 4. The Kier molecular flexibility index (Phi) is 4.46. The van der Waals surface area contributed by atoms with Gasteiger partial charge in [-0.05, 0) is 36.5 Å². The molecule has 6 nitrogen and oxygen atoms in total. The fourth-order valence-electron chi connectivity index (χ4n) is 6.74. The van der Waals surface area contributed by atoms with Crippen molar-refractivity contribution in [2.45, 2.75) is 12.8 Å². The summed E-state index contributed by atoms with van der Waals surface area (Å²) < 4.78 is 0. The maximum absolute atomic E-state index is 12.7. The van der Waals surface area contributed by atoms with Gasteiger partial charge in [-0.2, -0.15) is 0 Å². The fraction of sp³-hybridized carbons (Fsp3) is 0.636. The topological polar surface area (TPSA) is 74.8 Å². The van der Waals surface area contributed by atoms with Crippen molar-refractivity contribution in [3.63, 3.8) is 0 Å². The number of fused-ring (bicyclic) bond motifs is 10. The van der Waals surface area contributed by atoms with Crippen LogP contribution in [-0.4, -0.2) is 58.0 Å². The highest BCUT2D eigenvalue weighted by Gasteiger charge is 2.60. The first-order valence-corrected chi connectivity index (χ1v) is 13.4. The molecule has 4 aliphatic carbocycles. The number of likely N-dealkylation sites (tertiary alicyclic amines) is 2. The number of carbonyl (C=O) groups is 4. The van der Waals surface area contributed by atoms with E-state index < -0.39 is 0 Å². The maximum Gasteiger partial charge on any atom is 0.233 e. The summed E-state index contributed by atoms with van der Waals surface area (Å²) in [6.07, 6.45) is 10.4. The molecule has 30 heavy (non-hydrogen) atoms. The fourth-order valence-corrected chi connectivity index (χ4v) is 8.65. The van der Waals surface area contributed by atoms with E-state index in [2.05, 4.69) is 24.3 Å². The Labute approximate surface area is 183 Å². The summed E-state index contributed by atoms with van der Waals surface area (Å²) in [6.45, 7) is 0.894. The Balaban J connectivity index is 0.954. The molecule has 0 aromatic heterocycles. The molecule has 6 aliphatic rings. The molecule has 4 fully saturated rings. The van der Waals surface area contributed by atoms with Gasteiger partial charge in [-0.25, -0.2) is 0 Å². The van der Waals surface area contributed by atoms with Gasteiger partial charge >= 0.3 is 0 Å². The molecule has 0 aromatic carbocycles. The summed E-state index contributed by atoms with van der Waals surface area (Å²) in [5.41, 5.74) is 0. The predicted molar refractivity (Wildman–Crippen MR) is 114 cm³/mol. The molecule has 4 bridgehead atoms. The van der Waals surface area contributed by atoms with Crippen molar-refractivity contribution in [3.05, 3.63) is 24.3 Å². The van der Waals surface area contributed by atoms with Crippen LogP contribution in [0.4, 0.5) is 0 Å². The zero-order valence-corrected chi connectivity index (χ0v) is 18.1. The van der Waals surface area contributed by atoms with Crippen molar-refractivity contribution in [1.82, 2.24) is 9.80 Å². The largest absolute Gasteiger partial charge is 0.281 e. The number of rotatable bonds is 7. The van der Waals surface area contributed by atoms with Crippen LogP contribution in [0.25, 0.3) is 0 Å². The van der Waals surface area contributed by atoms with E-state index in [0.717, 1.165) is 12.8 Å². The van der Waals surface area contributed by atoms with Crippen molar-refractivity contribution in [2.24, 2.45) is 47.3 Å². The molecule has 2 saturated carbocycles. The molecular weight excluding hydrogens is 420 g/mol. The van der Waals surface area contributed by atoms with Crippen LogP contribution < -0.4 is 0 Å². The molecule has 0 N–H and O–H groups in total. The maximum atomic E-state index is 12.7. The normalized spacial score (nSPS) is 42.4. The summed E-state index contributed by atoms with van der Waals surface area (Å²) in [7, 11) is 3.21. The first-order valence-electron chi connectivity index (χ1n) is 10.9. The van der Waals surface area contributed by atoms with Gasteiger partial charge in [0, 0.05) is 24.6 Å². The van der Waals surface area contributed by atoms with Crippen molar-refractivity contribution in [3.8, 4) is 0 Å². The third kappa shape index (κ3) is 2.58. The van der Waals surface area contributed by atoms with Crippen LogP contribution in [0.15, 0.2) is 24.3 Å². The van der Waals surface area contributed by atoms with E-state index in [1.165, 1.54) is 9.80 Å². The van der Waals surface area contributed by atoms with Crippen LogP contribution in [-0.2, 0) is 19.2 Å². The van der Waals surface area contributed by atoms with Gasteiger partial charge in [-0.15, -0.1) is 0 Å². The summed E-state index contributed by atoms with van der Waals surface area (Å²) in [5, 5.41) is 0. The lowest BCUT2D eigenvalue weighted by Gasteiger charge is -2.18. The monoisotopic (exact) mass is 444 g/mol. The van der Waals surface area contributed by atoms with Gasteiger partial charge in [0.05, 0.1) is 23.7 Å². The highest BCUT2D eigenvalue weighted by Crippen LogP contribution is 2.53. The van der Waals surface area contributed by atoms with Crippen LogP contribution in [0.2, 0.25) is 0 Å². The molecule has 6 rings (SSSR count). The second-order valence-electron chi connectivity index (χ2n) is 9.30. The number of hydrogen-bond donors (Lipinski definition) is 0. The summed E-state index contributed by atoms with van der Waals surface area (Å²) in [6, 6.07) is 0. The zero-order valence-electron chi connectivity index (χ0n) is 16.5. The van der Waals surface area contributed by atoms with Gasteiger partial charge in [0.15, 0.2) is 0 Å². The molecule has 2 heterocycles. The predicted octanol–water partition coefficient (Wildman–Crippen LogP) is 1.98. The van der Waals surface area contributed by atoms with E-state index >= 15 is 0 Å². The molecule has 2 aliphatic heterocycles. The Bertz CT molecular complexity index is 770. The lowest BCUT2D eigenvalue weighted by Crippen LogP contribution is -2.35. The minimum atomic E-state index is -0.124. The third-order valence-corrected chi connectivity index (χ3v) is 10.4. The second-order valence-corrected chi connectivity index (χ2v) is 12.0. The van der Waals surface area contributed by atoms with E-state index in [-0.39, 0.29) is 71.0 Å². The number of imide groups is 2. The summed E-state index contributed by atoms with van der Waals surface area (Å²) in [4.78, 5) is 53.6. The average Bonchev–Trinajstić information content (AvgIpc) is 3.56. The van der Waals surface area contributed by atoms with Crippen molar-refractivity contribution in [1.29, 1.82) is 0 Å². The van der Waals surface area contributed by atoms with Crippen LogP contribution in [0, 0.1) is 47.3 Å². The quantitative estimate of drug-likeness (QED) is 0.259. The molecule has 4 amide bonds. The Hall–Kier alpha value is -1.54. The Morgan fingerprint density at radius 3 is 1.20 bits per heavy atom.